The fourth-order valence-corrected chi connectivity index (χ4v) is 7.24. The molecule has 0 bridgehead atoms. The fourth-order valence-electron chi connectivity index (χ4n) is 6.20. The second-order valence-electron chi connectivity index (χ2n) is 10.3. The Bertz CT molecular complexity index is 994. The highest BCUT2D eigenvalue weighted by Crippen LogP contribution is 2.39. The fraction of sp³-hybridized carbons (Fsp3) is 0.692. The average molecular weight is 456 g/mol. The van der Waals surface area contributed by atoms with E-state index in [1.54, 1.807) is 11.3 Å². The van der Waals surface area contributed by atoms with Crippen molar-refractivity contribution in [2.75, 3.05) is 0 Å². The number of amides is 2. The maximum atomic E-state index is 13.9. The van der Waals surface area contributed by atoms with Gasteiger partial charge in [-0.15, -0.1) is 11.3 Å². The lowest BCUT2D eigenvalue weighted by molar-refractivity contribution is -0.135. The number of rotatable bonds is 4. The summed E-state index contributed by atoms with van der Waals surface area (Å²) in [7, 11) is 0. The minimum Gasteiger partial charge on any atom is -0.351 e. The summed E-state index contributed by atoms with van der Waals surface area (Å²) < 4.78 is 3.31. The molecule has 3 aliphatic rings. The van der Waals surface area contributed by atoms with Gasteiger partial charge in [0.2, 0.25) is 5.91 Å². The van der Waals surface area contributed by atoms with E-state index < -0.39 is 5.54 Å². The maximum Gasteiger partial charge on any atom is 0.271 e. The van der Waals surface area contributed by atoms with Gasteiger partial charge in [0.05, 0.1) is 16.8 Å². The Morgan fingerprint density at radius 2 is 1.72 bits per heavy atom. The molecule has 2 aliphatic carbocycles. The molecule has 2 aromatic rings. The summed E-state index contributed by atoms with van der Waals surface area (Å²) in [6, 6.07) is 4.69. The summed E-state index contributed by atoms with van der Waals surface area (Å²) in [5, 5.41) is 3.40. The molecule has 174 valence electrons. The maximum absolute atomic E-state index is 13.9. The van der Waals surface area contributed by atoms with Crippen LogP contribution >= 0.6 is 11.3 Å². The predicted octanol–water partition coefficient (Wildman–Crippen LogP) is 5.65. The molecular formula is C26H37N3O2S. The summed E-state index contributed by atoms with van der Waals surface area (Å²) in [5.41, 5.74) is 1.03. The molecule has 0 radical (unpaired) electrons. The van der Waals surface area contributed by atoms with Crippen molar-refractivity contribution >= 4 is 33.4 Å². The van der Waals surface area contributed by atoms with Gasteiger partial charge in [-0.3, -0.25) is 9.59 Å². The smallest absolute Gasteiger partial charge is 0.271 e. The number of thiophene rings is 1. The molecule has 32 heavy (non-hydrogen) atoms. The van der Waals surface area contributed by atoms with Crippen LogP contribution in [0.3, 0.4) is 0 Å². The molecule has 0 spiro atoms. The number of hydrogen-bond acceptors (Lipinski definition) is 3. The molecule has 2 saturated carbocycles. The molecule has 2 fully saturated rings. The van der Waals surface area contributed by atoms with E-state index in [0.717, 1.165) is 56.2 Å². The van der Waals surface area contributed by atoms with Crippen LogP contribution in [0.1, 0.15) is 99.8 Å². The Kier molecular flexibility index (Phi) is 6.08. The van der Waals surface area contributed by atoms with Gasteiger partial charge in [-0.2, -0.15) is 0 Å². The van der Waals surface area contributed by atoms with Crippen LogP contribution in [0.5, 0.6) is 0 Å². The van der Waals surface area contributed by atoms with Crippen molar-refractivity contribution < 1.29 is 9.59 Å². The Morgan fingerprint density at radius 3 is 2.41 bits per heavy atom. The van der Waals surface area contributed by atoms with Gasteiger partial charge in [-0.25, -0.2) is 0 Å². The molecule has 1 aliphatic heterocycles. The first-order valence-corrected chi connectivity index (χ1v) is 13.6. The highest BCUT2D eigenvalue weighted by Gasteiger charge is 2.50. The van der Waals surface area contributed by atoms with Gasteiger partial charge in [-0.1, -0.05) is 51.9 Å². The number of carbonyl (C=O) groups is 2. The highest BCUT2D eigenvalue weighted by atomic mass is 32.1. The van der Waals surface area contributed by atoms with E-state index >= 15 is 0 Å². The normalized spacial score (nSPS) is 25.7. The van der Waals surface area contributed by atoms with Crippen LogP contribution in [0, 0.1) is 0 Å². The van der Waals surface area contributed by atoms with Gasteiger partial charge in [0.15, 0.2) is 0 Å². The Morgan fingerprint density at radius 1 is 1.06 bits per heavy atom. The molecule has 0 aromatic carbocycles. The first kappa shape index (κ1) is 22.0. The van der Waals surface area contributed by atoms with Crippen LogP contribution in [0.15, 0.2) is 12.1 Å². The first-order valence-electron chi connectivity index (χ1n) is 12.8. The molecule has 5 rings (SSSR count). The summed E-state index contributed by atoms with van der Waals surface area (Å²) >= 11 is 1.78. The molecule has 1 atom stereocenters. The summed E-state index contributed by atoms with van der Waals surface area (Å²) in [6.45, 7) is 4.74. The van der Waals surface area contributed by atoms with Crippen molar-refractivity contribution in [3.05, 3.63) is 22.7 Å². The number of nitrogens with one attached hydrogen (secondary N) is 1. The number of nitrogens with zero attached hydrogens (tertiary/aromatic N) is 2. The van der Waals surface area contributed by atoms with E-state index in [2.05, 4.69) is 28.9 Å². The number of hydrogen-bond donors (Lipinski definition) is 1. The number of aryl methyl sites for hydroxylation is 1. The van der Waals surface area contributed by atoms with E-state index in [4.69, 9.17) is 0 Å². The third-order valence-corrected chi connectivity index (χ3v) is 9.26. The van der Waals surface area contributed by atoms with Crippen molar-refractivity contribution in [2.24, 2.45) is 0 Å². The van der Waals surface area contributed by atoms with E-state index in [0.29, 0.717) is 6.54 Å². The number of carbonyl (C=O) groups excluding carboxylic acids is 2. The van der Waals surface area contributed by atoms with Gasteiger partial charge >= 0.3 is 0 Å². The summed E-state index contributed by atoms with van der Waals surface area (Å²) in [4.78, 5) is 31.2. The van der Waals surface area contributed by atoms with Gasteiger partial charge in [-0.05, 0) is 51.2 Å². The Hall–Kier alpha value is -1.82. The van der Waals surface area contributed by atoms with Gasteiger partial charge < -0.3 is 14.8 Å². The van der Waals surface area contributed by atoms with Gasteiger partial charge in [0.25, 0.3) is 5.91 Å². The zero-order valence-corrected chi connectivity index (χ0v) is 20.4. The van der Waals surface area contributed by atoms with Crippen molar-refractivity contribution in [1.29, 1.82) is 0 Å². The molecule has 0 saturated heterocycles. The quantitative estimate of drug-likeness (QED) is 0.606. The Labute approximate surface area is 195 Å². The molecule has 5 nitrogen and oxygen atoms in total. The largest absolute Gasteiger partial charge is 0.351 e. The second kappa shape index (κ2) is 8.85. The SMILES string of the molecule is CCc1cc2c(cc3n2C[C@@](C)(C(=O)NC2CCCCCC2)N(C2CCCCC2)C3=O)s1. The lowest BCUT2D eigenvalue weighted by Crippen LogP contribution is -2.67. The molecule has 6 heteroatoms. The highest BCUT2D eigenvalue weighted by molar-refractivity contribution is 7.19. The topological polar surface area (TPSA) is 54.3 Å². The first-order chi connectivity index (χ1) is 15.5. The third-order valence-electron chi connectivity index (χ3n) is 8.04. The lowest BCUT2D eigenvalue weighted by atomic mass is 9.86. The van der Waals surface area contributed by atoms with Crippen molar-refractivity contribution in [1.82, 2.24) is 14.8 Å². The van der Waals surface area contributed by atoms with Crippen LogP contribution in [0.4, 0.5) is 0 Å². The second-order valence-corrected chi connectivity index (χ2v) is 11.5. The lowest BCUT2D eigenvalue weighted by Gasteiger charge is -2.49. The molecule has 1 N–H and O–H groups in total. The molecule has 2 aromatic heterocycles. The minimum absolute atomic E-state index is 0.0433. The van der Waals surface area contributed by atoms with Gasteiger partial charge in [0.1, 0.15) is 11.2 Å². The van der Waals surface area contributed by atoms with Crippen LogP contribution in [0.25, 0.3) is 10.2 Å². The number of fused-ring (bicyclic) bond motifs is 3. The molecule has 3 heterocycles. The van der Waals surface area contributed by atoms with E-state index in [1.807, 2.05) is 11.8 Å². The van der Waals surface area contributed by atoms with E-state index in [-0.39, 0.29) is 23.9 Å². The molecular weight excluding hydrogens is 418 g/mol. The monoisotopic (exact) mass is 455 g/mol. The van der Waals surface area contributed by atoms with Crippen molar-refractivity contribution in [3.63, 3.8) is 0 Å². The van der Waals surface area contributed by atoms with Crippen molar-refractivity contribution in [2.45, 2.75) is 115 Å². The van der Waals surface area contributed by atoms with E-state index in [9.17, 15) is 9.59 Å². The van der Waals surface area contributed by atoms with Crippen LogP contribution in [0.2, 0.25) is 0 Å². The summed E-state index contributed by atoms with van der Waals surface area (Å²) in [5.74, 6) is 0.0879. The Balaban J connectivity index is 1.52. The van der Waals surface area contributed by atoms with Crippen LogP contribution in [-0.4, -0.2) is 38.9 Å². The van der Waals surface area contributed by atoms with Crippen LogP contribution < -0.4 is 5.32 Å². The van der Waals surface area contributed by atoms with Crippen LogP contribution in [-0.2, 0) is 17.8 Å². The third kappa shape index (κ3) is 3.78. The molecule has 0 unspecified atom stereocenters. The zero-order chi connectivity index (χ0) is 22.3. The molecule has 2 amide bonds. The summed E-state index contributed by atoms with van der Waals surface area (Å²) in [6.07, 6.45) is 13.5. The predicted molar refractivity (Wildman–Crippen MR) is 130 cm³/mol. The number of aromatic nitrogens is 1. The zero-order valence-electron chi connectivity index (χ0n) is 19.6. The minimum atomic E-state index is -0.849. The average Bonchev–Trinajstić information content (AvgIpc) is 3.23. The van der Waals surface area contributed by atoms with Gasteiger partial charge in [0, 0.05) is 17.0 Å². The standard InChI is InChI=1S/C26H37N3O2S/c1-3-20-15-21-23(32-20)16-22-24(30)29(19-13-9-6-10-14-19)26(2,17-28(21)22)25(31)27-18-11-7-4-5-8-12-18/h15-16,18-19H,3-14,17H2,1-2H3,(H,27,31)/t26-/m0/s1. The van der Waals surface area contributed by atoms with E-state index in [1.165, 1.54) is 41.7 Å². The van der Waals surface area contributed by atoms with Crippen molar-refractivity contribution in [3.8, 4) is 0 Å².